The second-order valence-electron chi connectivity index (χ2n) is 16.5. The Hall–Kier alpha value is -0.200. The minimum atomic E-state index is -0.0961. The zero-order valence-electron chi connectivity index (χ0n) is 39.7. The molecule has 0 aromatic rings. The van der Waals surface area contributed by atoms with Crippen LogP contribution in [0.2, 0.25) is 0 Å². The van der Waals surface area contributed by atoms with Gasteiger partial charge in [0.15, 0.2) is 0 Å². The molecule has 4 atom stereocenters. The first-order chi connectivity index (χ1) is 26.6. The van der Waals surface area contributed by atoms with Gasteiger partial charge in [0.25, 0.3) is 0 Å². The quantitative estimate of drug-likeness (QED) is 0.0407. The Balaban J connectivity index is -0.000000189. The SMILES string of the molecule is CCCCCC(O)CCCC.CCCCCCC(O)CCC.CCCCCCCC(O)CC.CCCCCCCCC(C)O.CCCCCCCCCCO. The van der Waals surface area contributed by atoms with Crippen LogP contribution in [0.1, 0.15) is 293 Å². The van der Waals surface area contributed by atoms with E-state index in [1.807, 2.05) is 13.8 Å². The summed E-state index contributed by atoms with van der Waals surface area (Å²) in [4.78, 5) is 0. The average Bonchev–Trinajstić information content (AvgIpc) is 3.17. The minimum Gasteiger partial charge on any atom is -0.396 e. The molecule has 5 nitrogen and oxygen atoms in total. The fourth-order valence-corrected chi connectivity index (χ4v) is 6.15. The number of hydrogen-bond acceptors (Lipinski definition) is 5. The van der Waals surface area contributed by atoms with Gasteiger partial charge in [0.1, 0.15) is 0 Å². The molecule has 0 heterocycles. The molecule has 0 aliphatic rings. The Morgan fingerprint density at radius 2 is 0.545 bits per heavy atom. The molecule has 4 unspecified atom stereocenters. The van der Waals surface area contributed by atoms with Crippen LogP contribution in [0.3, 0.4) is 0 Å². The van der Waals surface area contributed by atoms with Gasteiger partial charge in [-0.2, -0.15) is 0 Å². The van der Waals surface area contributed by atoms with Gasteiger partial charge in [-0.05, 0) is 58.3 Å². The summed E-state index contributed by atoms with van der Waals surface area (Å²) in [5.41, 5.74) is 0. The Morgan fingerprint density at radius 1 is 0.273 bits per heavy atom. The van der Waals surface area contributed by atoms with Crippen molar-refractivity contribution >= 4 is 0 Å². The molecule has 0 bridgehead atoms. The normalized spacial score (nSPS) is 12.8. The van der Waals surface area contributed by atoms with E-state index in [1.54, 1.807) is 0 Å². The minimum absolute atomic E-state index is 0.0264. The molecule has 5 N–H and O–H groups in total. The smallest absolute Gasteiger partial charge is 0.0540 e. The Bertz CT molecular complexity index is 564. The third kappa shape index (κ3) is 78.8. The van der Waals surface area contributed by atoms with Crippen LogP contribution in [-0.2, 0) is 0 Å². The van der Waals surface area contributed by atoms with E-state index < -0.39 is 0 Å². The number of aliphatic hydroxyl groups is 5. The van der Waals surface area contributed by atoms with E-state index >= 15 is 0 Å². The van der Waals surface area contributed by atoms with Crippen LogP contribution < -0.4 is 0 Å². The van der Waals surface area contributed by atoms with Crippen molar-refractivity contribution in [2.24, 2.45) is 0 Å². The summed E-state index contributed by atoms with van der Waals surface area (Å²) in [6.07, 6.45) is 43.7. The van der Waals surface area contributed by atoms with Gasteiger partial charge in [0, 0.05) is 6.61 Å². The molecule has 0 rings (SSSR count). The zero-order valence-corrected chi connectivity index (χ0v) is 39.7. The lowest BCUT2D eigenvalue weighted by Gasteiger charge is -2.08. The summed E-state index contributed by atoms with van der Waals surface area (Å²) in [5, 5.41) is 45.4. The fraction of sp³-hybridized carbons (Fsp3) is 1.00. The molecule has 0 amide bonds. The molecule has 0 aromatic heterocycles. The summed E-state index contributed by atoms with van der Waals surface area (Å²) in [6.45, 7) is 19.7. The van der Waals surface area contributed by atoms with Gasteiger partial charge < -0.3 is 25.5 Å². The van der Waals surface area contributed by atoms with Crippen LogP contribution in [0.5, 0.6) is 0 Å². The molecule has 5 heteroatoms. The highest BCUT2D eigenvalue weighted by molar-refractivity contribution is 4.56. The highest BCUT2D eigenvalue weighted by Crippen LogP contribution is 2.12. The third-order valence-corrected chi connectivity index (χ3v) is 10.1. The summed E-state index contributed by atoms with van der Waals surface area (Å²) in [7, 11) is 0. The van der Waals surface area contributed by atoms with E-state index in [0.29, 0.717) is 6.61 Å². The van der Waals surface area contributed by atoms with Crippen LogP contribution in [0, 0.1) is 0 Å². The molecule has 0 saturated carbocycles. The molecule has 0 radical (unpaired) electrons. The summed E-state index contributed by atoms with van der Waals surface area (Å²) >= 11 is 0. The van der Waals surface area contributed by atoms with Crippen LogP contribution in [0.4, 0.5) is 0 Å². The first kappa shape index (κ1) is 64.0. The van der Waals surface area contributed by atoms with Crippen LogP contribution >= 0.6 is 0 Å². The maximum Gasteiger partial charge on any atom is 0.0540 e. The van der Waals surface area contributed by atoms with E-state index in [1.165, 1.54) is 173 Å². The summed E-state index contributed by atoms with van der Waals surface area (Å²) in [6, 6.07) is 0. The largest absolute Gasteiger partial charge is 0.396 e. The van der Waals surface area contributed by atoms with E-state index in [2.05, 4.69) is 48.5 Å². The first-order valence-corrected chi connectivity index (χ1v) is 24.9. The molecular formula is C50H110O5. The van der Waals surface area contributed by atoms with Crippen molar-refractivity contribution in [1.29, 1.82) is 0 Å². The van der Waals surface area contributed by atoms with Crippen LogP contribution in [0.25, 0.3) is 0 Å². The second-order valence-corrected chi connectivity index (χ2v) is 16.5. The number of rotatable bonds is 36. The molecule has 0 fully saturated rings. The molecule has 340 valence electrons. The van der Waals surface area contributed by atoms with E-state index in [-0.39, 0.29) is 24.4 Å². The lowest BCUT2D eigenvalue weighted by molar-refractivity contribution is 0.148. The average molecular weight is 791 g/mol. The van der Waals surface area contributed by atoms with Gasteiger partial charge in [0.05, 0.1) is 24.4 Å². The Kier molecular flexibility index (Phi) is 73.2. The molecule has 0 aliphatic carbocycles. The predicted molar refractivity (Wildman–Crippen MR) is 248 cm³/mol. The highest BCUT2D eigenvalue weighted by atomic mass is 16.3. The molecule has 0 saturated heterocycles. The van der Waals surface area contributed by atoms with Crippen molar-refractivity contribution < 1.29 is 25.5 Å². The van der Waals surface area contributed by atoms with E-state index in [0.717, 1.165) is 57.8 Å². The van der Waals surface area contributed by atoms with Crippen LogP contribution in [-0.4, -0.2) is 56.6 Å². The number of aliphatic hydroxyl groups excluding tert-OH is 5. The molecule has 0 spiro atoms. The molecule has 55 heavy (non-hydrogen) atoms. The fourth-order valence-electron chi connectivity index (χ4n) is 6.15. The van der Waals surface area contributed by atoms with Gasteiger partial charge in [-0.1, -0.05) is 235 Å². The maximum absolute atomic E-state index is 9.41. The highest BCUT2D eigenvalue weighted by Gasteiger charge is 2.02. The topological polar surface area (TPSA) is 101 Å². The lowest BCUT2D eigenvalue weighted by atomic mass is 10.1. The standard InChI is InChI=1S/5C10H22O/c1-3-4-5-6-7-8-9-10(2)11;1-3-5-6-7-8-9-10(11)4-2;1-3-5-6-7-9-10(11)8-4-2;1-3-5-7-9-10(11)8-6-4-2;1-2-3-4-5-6-7-8-9-10-11/h4*10-11H,3-9H2,1-2H3;11H,2-10H2,1H3. The molecule has 0 aliphatic heterocycles. The second kappa shape index (κ2) is 63.0. The molecular weight excluding hydrogens is 681 g/mol. The van der Waals surface area contributed by atoms with Crippen molar-refractivity contribution in [2.75, 3.05) is 6.61 Å². The van der Waals surface area contributed by atoms with E-state index in [4.69, 9.17) is 10.2 Å². The monoisotopic (exact) mass is 791 g/mol. The van der Waals surface area contributed by atoms with Crippen molar-refractivity contribution in [3.8, 4) is 0 Å². The van der Waals surface area contributed by atoms with Crippen molar-refractivity contribution in [1.82, 2.24) is 0 Å². The Labute approximate surface area is 349 Å². The summed E-state index contributed by atoms with van der Waals surface area (Å²) in [5.74, 6) is 0. The van der Waals surface area contributed by atoms with Gasteiger partial charge in [-0.3, -0.25) is 0 Å². The van der Waals surface area contributed by atoms with Gasteiger partial charge in [-0.25, -0.2) is 0 Å². The maximum atomic E-state index is 9.41. The number of hydrogen-bond donors (Lipinski definition) is 5. The van der Waals surface area contributed by atoms with Gasteiger partial charge in [-0.15, -0.1) is 0 Å². The van der Waals surface area contributed by atoms with Crippen molar-refractivity contribution in [3.63, 3.8) is 0 Å². The van der Waals surface area contributed by atoms with E-state index in [9.17, 15) is 15.3 Å². The van der Waals surface area contributed by atoms with Gasteiger partial charge >= 0.3 is 0 Å². The lowest BCUT2D eigenvalue weighted by Crippen LogP contribution is -2.05. The van der Waals surface area contributed by atoms with Gasteiger partial charge in [0.2, 0.25) is 0 Å². The predicted octanol–water partition coefficient (Wildman–Crippen LogP) is 15.6. The summed E-state index contributed by atoms with van der Waals surface area (Å²) < 4.78 is 0. The first-order valence-electron chi connectivity index (χ1n) is 24.9. The van der Waals surface area contributed by atoms with Crippen LogP contribution in [0.15, 0.2) is 0 Å². The zero-order chi connectivity index (χ0) is 42.5. The Morgan fingerprint density at radius 3 is 0.909 bits per heavy atom. The molecule has 0 aromatic carbocycles. The third-order valence-electron chi connectivity index (χ3n) is 10.1. The number of unbranched alkanes of at least 4 members (excludes halogenated alkanes) is 22. The van der Waals surface area contributed by atoms with Crippen molar-refractivity contribution in [2.45, 2.75) is 318 Å². The van der Waals surface area contributed by atoms with Crippen molar-refractivity contribution in [3.05, 3.63) is 0 Å².